The van der Waals surface area contributed by atoms with Gasteiger partial charge in [0.1, 0.15) is 0 Å². The molecule has 120 valence electrons. The summed E-state index contributed by atoms with van der Waals surface area (Å²) in [5.74, 6) is -0.687. The lowest BCUT2D eigenvalue weighted by Gasteiger charge is -2.22. The van der Waals surface area contributed by atoms with Crippen LogP contribution in [0.15, 0.2) is 0 Å². The Hall–Kier alpha value is -1.59. The van der Waals surface area contributed by atoms with E-state index >= 15 is 0 Å². The quantitative estimate of drug-likeness (QED) is 0.640. The first-order valence-corrected chi connectivity index (χ1v) is 7.54. The molecule has 1 fully saturated rings. The van der Waals surface area contributed by atoms with E-state index in [9.17, 15) is 14.4 Å². The number of imide groups is 1. The van der Waals surface area contributed by atoms with Crippen molar-refractivity contribution in [2.24, 2.45) is 11.3 Å². The molecule has 0 radical (unpaired) electrons. The predicted octanol–water partition coefficient (Wildman–Crippen LogP) is 2.28. The van der Waals surface area contributed by atoms with E-state index in [0.717, 1.165) is 12.8 Å². The molecule has 6 heteroatoms. The van der Waals surface area contributed by atoms with Gasteiger partial charge in [0, 0.05) is 12.5 Å². The van der Waals surface area contributed by atoms with Crippen LogP contribution in [0.1, 0.15) is 59.3 Å². The lowest BCUT2D eigenvalue weighted by atomic mass is 9.85. The van der Waals surface area contributed by atoms with Crippen molar-refractivity contribution in [1.82, 2.24) is 10.6 Å². The summed E-state index contributed by atoms with van der Waals surface area (Å²) in [4.78, 5) is 34.3. The molecule has 3 N–H and O–H groups in total. The van der Waals surface area contributed by atoms with Gasteiger partial charge in [-0.15, -0.1) is 0 Å². The van der Waals surface area contributed by atoms with Gasteiger partial charge in [0.25, 0.3) is 0 Å². The fourth-order valence-electron chi connectivity index (χ4n) is 2.38. The predicted molar refractivity (Wildman–Crippen MR) is 78.7 cm³/mol. The van der Waals surface area contributed by atoms with E-state index in [1.165, 1.54) is 12.8 Å². The van der Waals surface area contributed by atoms with E-state index in [-0.39, 0.29) is 18.9 Å². The van der Waals surface area contributed by atoms with Crippen molar-refractivity contribution in [3.05, 3.63) is 0 Å². The van der Waals surface area contributed by atoms with E-state index < -0.39 is 23.3 Å². The Bertz CT molecular complexity index is 402. The largest absolute Gasteiger partial charge is 0.481 e. The van der Waals surface area contributed by atoms with Crippen molar-refractivity contribution in [3.8, 4) is 0 Å². The maximum absolute atomic E-state index is 11.8. The molecule has 0 heterocycles. The van der Waals surface area contributed by atoms with Crippen molar-refractivity contribution in [1.29, 1.82) is 0 Å². The molecular weight excluding hydrogens is 272 g/mol. The SMILES string of the molecule is CCC(CC1CC1)NC(=O)NC(=O)CC(C)(C)CC(=O)O. The molecule has 3 amide bonds. The van der Waals surface area contributed by atoms with Crippen molar-refractivity contribution in [2.45, 2.75) is 65.3 Å². The third-order valence-electron chi connectivity index (χ3n) is 3.66. The van der Waals surface area contributed by atoms with E-state index in [0.29, 0.717) is 5.92 Å². The fraction of sp³-hybridized carbons (Fsp3) is 0.800. The Labute approximate surface area is 125 Å². The summed E-state index contributed by atoms with van der Waals surface area (Å²) >= 11 is 0. The van der Waals surface area contributed by atoms with Crippen molar-refractivity contribution >= 4 is 17.9 Å². The first-order chi connectivity index (χ1) is 9.71. The Morgan fingerprint density at radius 1 is 1.24 bits per heavy atom. The second-order valence-corrected chi connectivity index (χ2v) is 6.72. The number of urea groups is 1. The number of carbonyl (C=O) groups excluding carboxylic acids is 2. The maximum Gasteiger partial charge on any atom is 0.321 e. The van der Waals surface area contributed by atoms with Gasteiger partial charge in [0.15, 0.2) is 0 Å². The van der Waals surface area contributed by atoms with Gasteiger partial charge in [-0.2, -0.15) is 0 Å². The Kier molecular flexibility index (Phi) is 6.18. The Morgan fingerprint density at radius 2 is 1.86 bits per heavy atom. The average molecular weight is 298 g/mol. The number of hydrogen-bond acceptors (Lipinski definition) is 3. The molecule has 0 aromatic carbocycles. The number of rotatable bonds is 8. The second kappa shape index (κ2) is 7.43. The number of aliphatic carboxylic acids is 1. The van der Waals surface area contributed by atoms with Gasteiger partial charge in [0.2, 0.25) is 5.91 Å². The average Bonchev–Trinajstić information content (AvgIpc) is 3.08. The molecule has 21 heavy (non-hydrogen) atoms. The number of amides is 3. The monoisotopic (exact) mass is 298 g/mol. The van der Waals surface area contributed by atoms with Crippen molar-refractivity contribution in [3.63, 3.8) is 0 Å². The summed E-state index contributed by atoms with van der Waals surface area (Å²) < 4.78 is 0. The number of nitrogens with one attached hydrogen (secondary N) is 2. The third kappa shape index (κ3) is 7.68. The minimum atomic E-state index is -0.951. The molecule has 0 saturated heterocycles. The highest BCUT2D eigenvalue weighted by atomic mass is 16.4. The van der Waals surface area contributed by atoms with Gasteiger partial charge in [-0.25, -0.2) is 4.79 Å². The first-order valence-electron chi connectivity index (χ1n) is 7.54. The number of carbonyl (C=O) groups is 3. The summed E-state index contributed by atoms with van der Waals surface area (Å²) in [6.07, 6.45) is 4.14. The zero-order chi connectivity index (χ0) is 16.0. The third-order valence-corrected chi connectivity index (χ3v) is 3.66. The summed E-state index contributed by atoms with van der Waals surface area (Å²) in [7, 11) is 0. The van der Waals surface area contributed by atoms with E-state index in [1.807, 2.05) is 6.92 Å². The standard InChI is InChI=1S/C15H26N2O4/c1-4-11(7-10-5-6-10)16-14(21)17-12(18)8-15(2,3)9-13(19)20/h10-11H,4-9H2,1-3H3,(H,19,20)(H2,16,17,18,21). The second-order valence-electron chi connectivity index (χ2n) is 6.72. The van der Waals surface area contributed by atoms with Gasteiger partial charge in [-0.1, -0.05) is 33.6 Å². The van der Waals surface area contributed by atoms with E-state index in [1.54, 1.807) is 13.8 Å². The molecule has 0 aliphatic heterocycles. The molecule has 0 aromatic heterocycles. The smallest absolute Gasteiger partial charge is 0.321 e. The van der Waals surface area contributed by atoms with Gasteiger partial charge >= 0.3 is 12.0 Å². The molecule has 0 aromatic rings. The molecule has 6 nitrogen and oxygen atoms in total. The first kappa shape index (κ1) is 17.5. The highest BCUT2D eigenvalue weighted by molar-refractivity contribution is 5.94. The Morgan fingerprint density at radius 3 is 2.33 bits per heavy atom. The molecule has 0 bridgehead atoms. The highest BCUT2D eigenvalue weighted by Gasteiger charge is 2.28. The molecule has 1 aliphatic rings. The topological polar surface area (TPSA) is 95.5 Å². The van der Waals surface area contributed by atoms with Crippen LogP contribution in [0.2, 0.25) is 0 Å². The van der Waals surface area contributed by atoms with Crippen LogP contribution in [0.5, 0.6) is 0 Å². The zero-order valence-corrected chi connectivity index (χ0v) is 13.1. The molecule has 1 saturated carbocycles. The van der Waals surface area contributed by atoms with Crippen LogP contribution in [0, 0.1) is 11.3 Å². The summed E-state index contributed by atoms with van der Waals surface area (Å²) in [6, 6.07) is -0.393. The minimum absolute atomic E-state index is 0.00609. The zero-order valence-electron chi connectivity index (χ0n) is 13.1. The summed E-state index contributed by atoms with van der Waals surface area (Å²) in [5, 5.41) is 13.9. The molecule has 1 aliphatic carbocycles. The fourth-order valence-corrected chi connectivity index (χ4v) is 2.38. The van der Waals surface area contributed by atoms with Crippen LogP contribution in [-0.4, -0.2) is 29.1 Å². The lowest BCUT2D eigenvalue weighted by Crippen LogP contribution is -2.45. The van der Waals surface area contributed by atoms with Crippen LogP contribution in [0.4, 0.5) is 4.79 Å². The van der Waals surface area contributed by atoms with Crippen molar-refractivity contribution < 1.29 is 19.5 Å². The normalized spacial score (nSPS) is 16.1. The van der Waals surface area contributed by atoms with Gasteiger partial charge in [-0.3, -0.25) is 14.9 Å². The number of carboxylic acids is 1. The van der Waals surface area contributed by atoms with Gasteiger partial charge in [-0.05, 0) is 24.2 Å². The van der Waals surface area contributed by atoms with E-state index in [2.05, 4.69) is 10.6 Å². The van der Waals surface area contributed by atoms with Crippen LogP contribution in [-0.2, 0) is 9.59 Å². The van der Waals surface area contributed by atoms with Gasteiger partial charge < -0.3 is 10.4 Å². The van der Waals surface area contributed by atoms with E-state index in [4.69, 9.17) is 5.11 Å². The maximum atomic E-state index is 11.8. The highest BCUT2D eigenvalue weighted by Crippen LogP contribution is 2.34. The lowest BCUT2D eigenvalue weighted by molar-refractivity contribution is -0.139. The van der Waals surface area contributed by atoms with Crippen LogP contribution in [0.25, 0.3) is 0 Å². The van der Waals surface area contributed by atoms with Crippen LogP contribution < -0.4 is 10.6 Å². The number of hydrogen-bond donors (Lipinski definition) is 3. The van der Waals surface area contributed by atoms with Crippen LogP contribution >= 0.6 is 0 Å². The molecule has 1 unspecified atom stereocenters. The van der Waals surface area contributed by atoms with Crippen molar-refractivity contribution in [2.75, 3.05) is 0 Å². The van der Waals surface area contributed by atoms with Gasteiger partial charge in [0.05, 0.1) is 6.42 Å². The Balaban J connectivity index is 2.35. The minimum Gasteiger partial charge on any atom is -0.481 e. The molecule has 0 spiro atoms. The molecular formula is C15H26N2O4. The number of carboxylic acid groups (broad SMARTS) is 1. The molecule has 1 atom stereocenters. The summed E-state index contributed by atoms with van der Waals surface area (Å²) in [6.45, 7) is 5.40. The molecule has 1 rings (SSSR count). The summed E-state index contributed by atoms with van der Waals surface area (Å²) in [5.41, 5.74) is -0.672. The van der Waals surface area contributed by atoms with Crippen LogP contribution in [0.3, 0.4) is 0 Å².